The summed E-state index contributed by atoms with van der Waals surface area (Å²) in [5.41, 5.74) is 0.216. The maximum Gasteiger partial charge on any atom is 0.0700 e. The third-order valence-corrected chi connectivity index (χ3v) is 3.73. The smallest absolute Gasteiger partial charge is 0.0700 e. The molecule has 1 rings (SSSR count). The molecule has 0 aliphatic heterocycles. The molecule has 0 atom stereocenters. The van der Waals surface area contributed by atoms with Gasteiger partial charge in [-0.25, -0.2) is 0 Å². The van der Waals surface area contributed by atoms with Crippen molar-refractivity contribution < 1.29 is 9.47 Å². The van der Waals surface area contributed by atoms with E-state index >= 15 is 0 Å². The number of rotatable bonds is 9. The highest BCUT2D eigenvalue weighted by atomic mass is 35.5. The number of methoxy groups -OCH3 is 1. The quantitative estimate of drug-likeness (QED) is 0.502. The molecule has 1 N–H and O–H groups in total. The van der Waals surface area contributed by atoms with Crippen molar-refractivity contribution in [3.05, 3.63) is 0 Å². The van der Waals surface area contributed by atoms with Gasteiger partial charge in [-0.1, -0.05) is 12.8 Å². The third kappa shape index (κ3) is 5.00. The minimum absolute atomic E-state index is 0.216. The summed E-state index contributed by atoms with van der Waals surface area (Å²) in [6.45, 7) is 3.17. The number of ether oxygens (including phenoxy) is 2. The third-order valence-electron chi connectivity index (χ3n) is 3.21. The molecule has 1 saturated carbocycles. The van der Waals surface area contributed by atoms with Crippen LogP contribution in [-0.2, 0) is 9.47 Å². The van der Waals surface area contributed by atoms with Crippen LogP contribution in [0.2, 0.25) is 0 Å². The lowest BCUT2D eigenvalue weighted by Gasteiger charge is -2.28. The molecule has 1 aliphatic carbocycles. The van der Waals surface area contributed by atoms with Crippen LogP contribution in [0.4, 0.5) is 0 Å². The first-order valence-electron chi connectivity index (χ1n) is 6.21. The molecular formula is C12H24ClNO2. The molecular weight excluding hydrogens is 226 g/mol. The molecule has 96 valence electrons. The van der Waals surface area contributed by atoms with Crippen LogP contribution in [0, 0.1) is 0 Å². The molecule has 3 nitrogen and oxygen atoms in total. The Hall–Kier alpha value is 0.170. The van der Waals surface area contributed by atoms with Crippen molar-refractivity contribution in [2.24, 2.45) is 0 Å². The standard InChI is InChI=1S/C12H24ClNO2/c1-15-9-10-16-8-4-7-14-12(11-13)5-2-3-6-12/h14H,2-11H2,1H3. The van der Waals surface area contributed by atoms with Gasteiger partial charge in [0.25, 0.3) is 0 Å². The average molecular weight is 250 g/mol. The van der Waals surface area contributed by atoms with Crippen molar-refractivity contribution in [1.82, 2.24) is 5.32 Å². The largest absolute Gasteiger partial charge is 0.382 e. The van der Waals surface area contributed by atoms with Gasteiger partial charge in [0.05, 0.1) is 13.2 Å². The van der Waals surface area contributed by atoms with Gasteiger partial charge in [0, 0.05) is 25.1 Å². The van der Waals surface area contributed by atoms with Gasteiger partial charge in [0.2, 0.25) is 0 Å². The summed E-state index contributed by atoms with van der Waals surface area (Å²) in [6, 6.07) is 0. The van der Waals surface area contributed by atoms with Crippen LogP contribution in [0.1, 0.15) is 32.1 Å². The number of hydrogen-bond acceptors (Lipinski definition) is 3. The molecule has 0 radical (unpaired) electrons. The van der Waals surface area contributed by atoms with Gasteiger partial charge in [0.15, 0.2) is 0 Å². The SMILES string of the molecule is COCCOCCCNC1(CCl)CCCC1. The molecule has 0 heterocycles. The molecule has 0 aromatic carbocycles. The van der Waals surface area contributed by atoms with E-state index < -0.39 is 0 Å². The van der Waals surface area contributed by atoms with Gasteiger partial charge in [0.1, 0.15) is 0 Å². The lowest BCUT2D eigenvalue weighted by atomic mass is 10.0. The van der Waals surface area contributed by atoms with Crippen LogP contribution in [0.5, 0.6) is 0 Å². The van der Waals surface area contributed by atoms with E-state index in [0.717, 1.165) is 25.5 Å². The fraction of sp³-hybridized carbons (Fsp3) is 1.00. The molecule has 0 aromatic rings. The van der Waals surface area contributed by atoms with Crippen LogP contribution in [0.3, 0.4) is 0 Å². The molecule has 0 spiro atoms. The van der Waals surface area contributed by atoms with Crippen LogP contribution < -0.4 is 5.32 Å². The maximum absolute atomic E-state index is 6.04. The summed E-state index contributed by atoms with van der Waals surface area (Å²) in [7, 11) is 1.69. The van der Waals surface area contributed by atoms with E-state index in [4.69, 9.17) is 21.1 Å². The van der Waals surface area contributed by atoms with Crippen LogP contribution in [-0.4, -0.2) is 44.9 Å². The topological polar surface area (TPSA) is 30.5 Å². The first kappa shape index (κ1) is 14.2. The molecule has 1 fully saturated rings. The van der Waals surface area contributed by atoms with E-state index in [-0.39, 0.29) is 5.54 Å². The highest BCUT2D eigenvalue weighted by Crippen LogP contribution is 2.30. The van der Waals surface area contributed by atoms with Crippen molar-refractivity contribution in [2.45, 2.75) is 37.6 Å². The molecule has 0 amide bonds. The molecule has 0 bridgehead atoms. The van der Waals surface area contributed by atoms with Gasteiger partial charge in [-0.05, 0) is 25.8 Å². The van der Waals surface area contributed by atoms with Crippen molar-refractivity contribution in [3.63, 3.8) is 0 Å². The summed E-state index contributed by atoms with van der Waals surface area (Å²) in [5, 5.41) is 3.59. The Morgan fingerprint density at radius 1 is 1.19 bits per heavy atom. The van der Waals surface area contributed by atoms with Crippen molar-refractivity contribution in [1.29, 1.82) is 0 Å². The molecule has 0 aromatic heterocycles. The van der Waals surface area contributed by atoms with Crippen LogP contribution in [0.25, 0.3) is 0 Å². The monoisotopic (exact) mass is 249 g/mol. The Labute approximate surface area is 104 Å². The van der Waals surface area contributed by atoms with Gasteiger partial charge in [-0.15, -0.1) is 11.6 Å². The van der Waals surface area contributed by atoms with Crippen LogP contribution >= 0.6 is 11.6 Å². The lowest BCUT2D eigenvalue weighted by Crippen LogP contribution is -2.45. The van der Waals surface area contributed by atoms with E-state index in [0.29, 0.717) is 13.2 Å². The second kappa shape index (κ2) is 8.29. The summed E-state index contributed by atoms with van der Waals surface area (Å²) in [5.74, 6) is 0.734. The van der Waals surface area contributed by atoms with E-state index in [1.807, 2.05) is 0 Å². The van der Waals surface area contributed by atoms with Gasteiger partial charge in [-0.3, -0.25) is 0 Å². The first-order valence-corrected chi connectivity index (χ1v) is 6.74. The second-order valence-corrected chi connectivity index (χ2v) is 4.77. The summed E-state index contributed by atoms with van der Waals surface area (Å²) in [4.78, 5) is 0. The maximum atomic E-state index is 6.04. The summed E-state index contributed by atoms with van der Waals surface area (Å²) in [6.07, 6.45) is 6.11. The zero-order valence-corrected chi connectivity index (χ0v) is 11.0. The molecule has 0 unspecified atom stereocenters. The highest BCUT2D eigenvalue weighted by molar-refractivity contribution is 6.18. The van der Waals surface area contributed by atoms with Crippen molar-refractivity contribution in [3.8, 4) is 0 Å². The van der Waals surface area contributed by atoms with Gasteiger partial charge in [-0.2, -0.15) is 0 Å². The van der Waals surface area contributed by atoms with E-state index in [9.17, 15) is 0 Å². The molecule has 4 heteroatoms. The Bertz CT molecular complexity index is 172. The second-order valence-electron chi connectivity index (χ2n) is 4.51. The van der Waals surface area contributed by atoms with Crippen molar-refractivity contribution in [2.75, 3.05) is 39.4 Å². The predicted molar refractivity (Wildman–Crippen MR) is 67.2 cm³/mol. The zero-order valence-electron chi connectivity index (χ0n) is 10.3. The molecule has 1 aliphatic rings. The number of halogens is 1. The van der Waals surface area contributed by atoms with Crippen molar-refractivity contribution >= 4 is 11.6 Å². The fourth-order valence-electron chi connectivity index (χ4n) is 2.18. The Balaban J connectivity index is 1.97. The number of nitrogens with one attached hydrogen (secondary N) is 1. The predicted octanol–water partition coefficient (Wildman–Crippen LogP) is 2.18. The minimum atomic E-state index is 0.216. The Morgan fingerprint density at radius 2 is 1.94 bits per heavy atom. The molecule has 16 heavy (non-hydrogen) atoms. The van der Waals surface area contributed by atoms with Gasteiger partial charge >= 0.3 is 0 Å². The number of hydrogen-bond donors (Lipinski definition) is 1. The number of alkyl halides is 1. The van der Waals surface area contributed by atoms with E-state index in [1.54, 1.807) is 7.11 Å². The van der Waals surface area contributed by atoms with E-state index in [1.165, 1.54) is 25.7 Å². The average Bonchev–Trinajstić information content (AvgIpc) is 2.77. The lowest BCUT2D eigenvalue weighted by molar-refractivity contribution is 0.0688. The Kier molecular flexibility index (Phi) is 7.37. The Morgan fingerprint density at radius 3 is 2.56 bits per heavy atom. The van der Waals surface area contributed by atoms with Gasteiger partial charge < -0.3 is 14.8 Å². The molecule has 0 saturated heterocycles. The zero-order chi connectivity index (χ0) is 11.7. The highest BCUT2D eigenvalue weighted by Gasteiger charge is 2.31. The van der Waals surface area contributed by atoms with Crippen LogP contribution in [0.15, 0.2) is 0 Å². The minimum Gasteiger partial charge on any atom is -0.382 e. The van der Waals surface area contributed by atoms with E-state index in [2.05, 4.69) is 5.32 Å². The first-order chi connectivity index (χ1) is 7.83. The summed E-state index contributed by atoms with van der Waals surface area (Å²) < 4.78 is 10.3. The normalized spacial score (nSPS) is 19.1. The fourth-order valence-corrected chi connectivity index (χ4v) is 2.54. The summed E-state index contributed by atoms with van der Waals surface area (Å²) >= 11 is 6.04.